The van der Waals surface area contributed by atoms with Crippen molar-refractivity contribution in [3.05, 3.63) is 34.8 Å². The van der Waals surface area contributed by atoms with Gasteiger partial charge in [-0.1, -0.05) is 24.3 Å². The van der Waals surface area contributed by atoms with Gasteiger partial charge in [0.15, 0.2) is 11.5 Å². The van der Waals surface area contributed by atoms with Gasteiger partial charge in [-0.25, -0.2) is 4.79 Å². The fraction of sp³-hybridized carbons (Fsp3) is 0.474. The average molecular weight is 388 g/mol. The van der Waals surface area contributed by atoms with Gasteiger partial charge >= 0.3 is 5.97 Å². The summed E-state index contributed by atoms with van der Waals surface area (Å²) in [6.45, 7) is 3.70. The third-order valence-corrected chi connectivity index (χ3v) is 5.28. The zero-order valence-corrected chi connectivity index (χ0v) is 16.3. The molecule has 1 aliphatic heterocycles. The Bertz CT molecular complexity index is 768. The number of amides is 1. The molecule has 1 aliphatic rings. The molecule has 1 amide bonds. The van der Waals surface area contributed by atoms with Crippen LogP contribution in [0.4, 0.5) is 11.4 Å². The molecule has 2 aromatic rings. The molecule has 3 rings (SSSR count). The van der Waals surface area contributed by atoms with Crippen molar-refractivity contribution in [3.63, 3.8) is 0 Å². The van der Waals surface area contributed by atoms with Crippen molar-refractivity contribution < 1.29 is 14.3 Å². The molecule has 1 fully saturated rings. The van der Waals surface area contributed by atoms with Crippen LogP contribution in [0.15, 0.2) is 24.3 Å². The summed E-state index contributed by atoms with van der Waals surface area (Å²) in [5.41, 5.74) is 2.45. The van der Waals surface area contributed by atoms with E-state index in [-0.39, 0.29) is 12.5 Å². The Morgan fingerprint density at radius 1 is 1.15 bits per heavy atom. The summed E-state index contributed by atoms with van der Waals surface area (Å²) < 4.78 is 8.81. The summed E-state index contributed by atoms with van der Waals surface area (Å²) in [5.74, 6) is -0.935. The number of hydrogen-bond acceptors (Lipinski definition) is 7. The van der Waals surface area contributed by atoms with Gasteiger partial charge in [0.05, 0.1) is 5.69 Å². The highest BCUT2D eigenvalue weighted by Gasteiger charge is 2.18. The van der Waals surface area contributed by atoms with Crippen molar-refractivity contribution in [2.24, 2.45) is 0 Å². The van der Waals surface area contributed by atoms with E-state index >= 15 is 0 Å². The lowest BCUT2D eigenvalue weighted by molar-refractivity contribution is -0.119. The summed E-state index contributed by atoms with van der Waals surface area (Å²) in [7, 11) is 0. The van der Waals surface area contributed by atoms with Gasteiger partial charge in [-0.3, -0.25) is 4.79 Å². The molecule has 0 bridgehead atoms. The minimum Gasteiger partial charge on any atom is -0.451 e. The van der Waals surface area contributed by atoms with E-state index in [0.717, 1.165) is 24.6 Å². The molecule has 0 radical (unpaired) electrons. The van der Waals surface area contributed by atoms with Crippen molar-refractivity contribution in [3.8, 4) is 0 Å². The standard InChI is InChI=1S/C19H24N4O3S/c1-2-16-18(27-22-21-16)19(25)26-13-17(24)20-14-7-9-15(10-8-14)23-11-5-3-4-6-12-23/h7-10H,2-6,11-13H2,1H3,(H,20,24). The predicted molar refractivity (Wildman–Crippen MR) is 105 cm³/mol. The van der Waals surface area contributed by atoms with E-state index < -0.39 is 5.97 Å². The maximum absolute atomic E-state index is 12.0. The molecule has 1 aromatic carbocycles. The van der Waals surface area contributed by atoms with E-state index in [1.807, 2.05) is 31.2 Å². The van der Waals surface area contributed by atoms with Crippen LogP contribution in [0.3, 0.4) is 0 Å². The molecule has 0 aliphatic carbocycles. The Kier molecular flexibility index (Phi) is 6.75. The normalized spacial score (nSPS) is 14.5. The molecule has 2 heterocycles. The quantitative estimate of drug-likeness (QED) is 0.765. The molecule has 0 saturated carbocycles. The molecule has 0 atom stereocenters. The topological polar surface area (TPSA) is 84.4 Å². The van der Waals surface area contributed by atoms with E-state index in [9.17, 15) is 9.59 Å². The van der Waals surface area contributed by atoms with Crippen molar-refractivity contribution >= 4 is 34.8 Å². The first kappa shape index (κ1) is 19.3. The number of carbonyl (C=O) groups excluding carboxylic acids is 2. The summed E-state index contributed by atoms with van der Waals surface area (Å²) in [6, 6.07) is 7.79. The van der Waals surface area contributed by atoms with Crippen LogP contribution in [0.2, 0.25) is 0 Å². The van der Waals surface area contributed by atoms with Crippen LogP contribution in [-0.4, -0.2) is 41.2 Å². The average Bonchev–Trinajstić information content (AvgIpc) is 3.01. The monoisotopic (exact) mass is 388 g/mol. The highest BCUT2D eigenvalue weighted by atomic mass is 32.1. The molecule has 27 heavy (non-hydrogen) atoms. The number of benzene rings is 1. The maximum atomic E-state index is 12.0. The molecule has 0 unspecified atom stereocenters. The van der Waals surface area contributed by atoms with Gasteiger partial charge < -0.3 is 15.0 Å². The fourth-order valence-corrected chi connectivity index (χ4v) is 3.72. The van der Waals surface area contributed by atoms with Crippen LogP contribution in [0.25, 0.3) is 0 Å². The van der Waals surface area contributed by atoms with E-state index in [4.69, 9.17) is 4.74 Å². The SMILES string of the molecule is CCc1nnsc1C(=O)OCC(=O)Nc1ccc(N2CCCCCC2)cc1. The molecule has 0 spiro atoms. The van der Waals surface area contributed by atoms with Gasteiger partial charge in [0.2, 0.25) is 0 Å². The Labute approximate surface area is 162 Å². The molecular weight excluding hydrogens is 364 g/mol. The van der Waals surface area contributed by atoms with Crippen molar-refractivity contribution in [1.29, 1.82) is 0 Å². The number of aromatic nitrogens is 2. The van der Waals surface area contributed by atoms with Gasteiger partial charge in [0.1, 0.15) is 0 Å². The summed E-state index contributed by atoms with van der Waals surface area (Å²) >= 11 is 0.982. The Hall–Kier alpha value is -2.48. The number of aryl methyl sites for hydroxylation is 1. The van der Waals surface area contributed by atoms with E-state index in [2.05, 4.69) is 19.8 Å². The summed E-state index contributed by atoms with van der Waals surface area (Å²) in [5, 5.41) is 6.62. The lowest BCUT2D eigenvalue weighted by atomic mass is 10.2. The molecule has 1 N–H and O–H groups in total. The van der Waals surface area contributed by atoms with Crippen molar-refractivity contribution in [2.45, 2.75) is 39.0 Å². The zero-order chi connectivity index (χ0) is 19.1. The number of carbonyl (C=O) groups is 2. The summed E-state index contributed by atoms with van der Waals surface area (Å²) in [4.78, 5) is 26.8. The number of ether oxygens (including phenoxy) is 1. The number of nitrogens with one attached hydrogen (secondary N) is 1. The second-order valence-corrected chi connectivity index (χ2v) is 7.23. The molecule has 1 saturated heterocycles. The number of esters is 1. The van der Waals surface area contributed by atoms with Crippen LogP contribution >= 0.6 is 11.5 Å². The molecule has 1 aromatic heterocycles. The van der Waals surface area contributed by atoms with E-state index in [0.29, 0.717) is 22.7 Å². The molecule has 7 nitrogen and oxygen atoms in total. The number of rotatable bonds is 6. The Morgan fingerprint density at radius 3 is 2.52 bits per heavy atom. The highest BCUT2D eigenvalue weighted by Crippen LogP contribution is 2.21. The molecule has 144 valence electrons. The van der Waals surface area contributed by atoms with E-state index in [1.54, 1.807) is 0 Å². The minimum absolute atomic E-state index is 0.340. The number of hydrogen-bond donors (Lipinski definition) is 1. The largest absolute Gasteiger partial charge is 0.451 e. The first-order valence-electron chi connectivity index (χ1n) is 9.30. The minimum atomic E-state index is -0.562. The summed E-state index contributed by atoms with van der Waals surface area (Å²) in [6.07, 6.45) is 5.62. The van der Waals surface area contributed by atoms with Gasteiger partial charge in [0.25, 0.3) is 5.91 Å². The van der Waals surface area contributed by atoms with Crippen LogP contribution in [0.5, 0.6) is 0 Å². The van der Waals surface area contributed by atoms with Crippen LogP contribution < -0.4 is 10.2 Å². The highest BCUT2D eigenvalue weighted by molar-refractivity contribution is 7.07. The second-order valence-electron chi connectivity index (χ2n) is 6.47. The maximum Gasteiger partial charge on any atom is 0.352 e. The molecule has 8 heteroatoms. The van der Waals surface area contributed by atoms with Gasteiger partial charge in [-0.2, -0.15) is 0 Å². The van der Waals surface area contributed by atoms with Crippen LogP contribution in [-0.2, 0) is 16.0 Å². The zero-order valence-electron chi connectivity index (χ0n) is 15.4. The smallest absolute Gasteiger partial charge is 0.352 e. The van der Waals surface area contributed by atoms with Gasteiger partial charge in [-0.15, -0.1) is 5.10 Å². The lowest BCUT2D eigenvalue weighted by Crippen LogP contribution is -2.24. The Balaban J connectivity index is 1.49. The van der Waals surface area contributed by atoms with Crippen LogP contribution in [0.1, 0.15) is 48.0 Å². The predicted octanol–water partition coefficient (Wildman–Crippen LogP) is 3.28. The first-order valence-corrected chi connectivity index (χ1v) is 10.1. The lowest BCUT2D eigenvalue weighted by Gasteiger charge is -2.22. The second kappa shape index (κ2) is 9.45. The van der Waals surface area contributed by atoms with E-state index in [1.165, 1.54) is 31.4 Å². The van der Waals surface area contributed by atoms with Crippen molar-refractivity contribution in [1.82, 2.24) is 9.59 Å². The third kappa shape index (κ3) is 5.26. The van der Waals surface area contributed by atoms with Gasteiger partial charge in [0, 0.05) is 24.5 Å². The third-order valence-electron chi connectivity index (χ3n) is 4.53. The molecular formula is C19H24N4O3S. The number of anilines is 2. The van der Waals surface area contributed by atoms with Crippen LogP contribution in [0, 0.1) is 0 Å². The Morgan fingerprint density at radius 2 is 1.85 bits per heavy atom. The number of nitrogens with zero attached hydrogens (tertiary/aromatic N) is 3. The fourth-order valence-electron chi connectivity index (χ4n) is 3.07. The van der Waals surface area contributed by atoms with Crippen molar-refractivity contribution in [2.75, 3.05) is 29.9 Å². The first-order chi connectivity index (χ1) is 13.2. The van der Waals surface area contributed by atoms with Gasteiger partial charge in [-0.05, 0) is 55.1 Å².